The molecule has 2 aromatic rings. The van der Waals surface area contributed by atoms with Crippen molar-refractivity contribution >= 4 is 5.69 Å². The molecule has 2 rings (SSSR count). The Bertz CT molecular complexity index is 516. The Morgan fingerprint density at radius 2 is 1.78 bits per heavy atom. The summed E-state index contributed by atoms with van der Waals surface area (Å²) in [5.41, 5.74) is 0.849. The van der Waals surface area contributed by atoms with Crippen molar-refractivity contribution in [2.45, 2.75) is 6.04 Å². The average molecular weight is 249 g/mol. The van der Waals surface area contributed by atoms with Crippen molar-refractivity contribution in [2.24, 2.45) is 0 Å². The molecule has 0 spiro atoms. The Morgan fingerprint density at radius 1 is 1.06 bits per heavy atom. The lowest BCUT2D eigenvalue weighted by Gasteiger charge is -2.18. The van der Waals surface area contributed by atoms with Crippen LogP contribution in [-0.2, 0) is 0 Å². The van der Waals surface area contributed by atoms with Crippen LogP contribution in [0.5, 0.6) is 0 Å². The highest BCUT2D eigenvalue weighted by molar-refractivity contribution is 5.45. The molecule has 0 aliphatic carbocycles. The van der Waals surface area contributed by atoms with Crippen LogP contribution in [0, 0.1) is 11.6 Å². The Hall–Kier alpha value is -1.94. The first kappa shape index (κ1) is 12.5. The van der Waals surface area contributed by atoms with E-state index >= 15 is 0 Å². The van der Waals surface area contributed by atoms with Gasteiger partial charge in [-0.05, 0) is 30.3 Å². The van der Waals surface area contributed by atoms with Crippen molar-refractivity contribution in [1.29, 1.82) is 0 Å². The molecule has 2 nitrogen and oxygen atoms in total. The molecular formula is C14H13F2NO. The van der Waals surface area contributed by atoms with Crippen LogP contribution in [0.25, 0.3) is 0 Å². The molecule has 1 atom stereocenters. The number of anilines is 1. The molecule has 0 aliphatic rings. The molecule has 0 fully saturated rings. The smallest absolute Gasteiger partial charge is 0.128 e. The molecule has 18 heavy (non-hydrogen) atoms. The van der Waals surface area contributed by atoms with E-state index in [0.29, 0.717) is 0 Å². The molecule has 2 N–H and O–H groups in total. The van der Waals surface area contributed by atoms with E-state index in [4.69, 9.17) is 0 Å². The molecule has 0 radical (unpaired) electrons. The minimum Gasteiger partial charge on any atom is -0.394 e. The van der Waals surface area contributed by atoms with Crippen LogP contribution in [0.3, 0.4) is 0 Å². The molecule has 0 aliphatic heterocycles. The summed E-state index contributed by atoms with van der Waals surface area (Å²) in [7, 11) is 0. The summed E-state index contributed by atoms with van der Waals surface area (Å²) in [6, 6.07) is 11.6. The molecule has 0 amide bonds. The Kier molecular flexibility index (Phi) is 3.89. The van der Waals surface area contributed by atoms with Crippen molar-refractivity contribution in [3.05, 3.63) is 65.7 Å². The number of rotatable bonds is 4. The second-order valence-electron chi connectivity index (χ2n) is 3.91. The maximum atomic E-state index is 13.6. The van der Waals surface area contributed by atoms with E-state index in [2.05, 4.69) is 5.32 Å². The van der Waals surface area contributed by atoms with Crippen molar-refractivity contribution in [2.75, 3.05) is 11.9 Å². The number of hydrogen-bond donors (Lipinski definition) is 2. The van der Waals surface area contributed by atoms with Crippen LogP contribution in [-0.4, -0.2) is 11.7 Å². The largest absolute Gasteiger partial charge is 0.394 e. The molecule has 0 aromatic heterocycles. The van der Waals surface area contributed by atoms with Gasteiger partial charge in [-0.1, -0.05) is 18.2 Å². The number of aliphatic hydroxyl groups is 1. The standard InChI is InChI=1S/C14H13F2NO/c15-10-6-7-13(16)12(8-10)14(9-18)17-11-4-2-1-3-5-11/h1-8,14,17-18H,9H2. The summed E-state index contributed by atoms with van der Waals surface area (Å²) in [5, 5.41) is 12.3. The van der Waals surface area contributed by atoms with Crippen LogP contribution < -0.4 is 5.32 Å². The molecule has 94 valence electrons. The lowest BCUT2D eigenvalue weighted by atomic mass is 10.1. The zero-order valence-corrected chi connectivity index (χ0v) is 9.61. The van der Waals surface area contributed by atoms with Gasteiger partial charge < -0.3 is 10.4 Å². The number of benzene rings is 2. The zero-order chi connectivity index (χ0) is 13.0. The summed E-state index contributed by atoms with van der Waals surface area (Å²) in [6.07, 6.45) is 0. The predicted octanol–water partition coefficient (Wildman–Crippen LogP) is 3.11. The quantitative estimate of drug-likeness (QED) is 0.872. The van der Waals surface area contributed by atoms with E-state index < -0.39 is 17.7 Å². The predicted molar refractivity (Wildman–Crippen MR) is 66.2 cm³/mol. The highest BCUT2D eigenvalue weighted by atomic mass is 19.1. The summed E-state index contributed by atoms with van der Waals surface area (Å²) in [4.78, 5) is 0. The third kappa shape index (κ3) is 2.84. The Labute approximate surface area is 104 Å². The van der Waals surface area contributed by atoms with Crippen molar-refractivity contribution in [3.63, 3.8) is 0 Å². The summed E-state index contributed by atoms with van der Waals surface area (Å²) < 4.78 is 26.7. The van der Waals surface area contributed by atoms with E-state index in [1.165, 1.54) is 0 Å². The van der Waals surface area contributed by atoms with Gasteiger partial charge in [0.15, 0.2) is 0 Å². The fourth-order valence-electron chi connectivity index (χ4n) is 1.74. The lowest BCUT2D eigenvalue weighted by molar-refractivity contribution is 0.273. The Balaban J connectivity index is 2.26. The van der Waals surface area contributed by atoms with Gasteiger partial charge in [0, 0.05) is 11.3 Å². The van der Waals surface area contributed by atoms with E-state index in [-0.39, 0.29) is 12.2 Å². The molecule has 0 bridgehead atoms. The zero-order valence-electron chi connectivity index (χ0n) is 9.61. The normalized spacial score (nSPS) is 12.2. The van der Waals surface area contributed by atoms with Gasteiger partial charge in [-0.15, -0.1) is 0 Å². The van der Waals surface area contributed by atoms with Gasteiger partial charge in [-0.25, -0.2) is 8.78 Å². The molecule has 0 heterocycles. The first-order chi connectivity index (χ1) is 8.70. The lowest BCUT2D eigenvalue weighted by Crippen LogP contribution is -2.16. The van der Waals surface area contributed by atoms with Gasteiger partial charge >= 0.3 is 0 Å². The number of hydrogen-bond acceptors (Lipinski definition) is 2. The fraction of sp³-hybridized carbons (Fsp3) is 0.143. The minimum absolute atomic E-state index is 0.112. The average Bonchev–Trinajstić information content (AvgIpc) is 2.40. The maximum Gasteiger partial charge on any atom is 0.128 e. The SMILES string of the molecule is OCC(Nc1ccccc1)c1cc(F)ccc1F. The Morgan fingerprint density at radius 3 is 2.44 bits per heavy atom. The topological polar surface area (TPSA) is 32.3 Å². The van der Waals surface area contributed by atoms with Gasteiger partial charge in [0.1, 0.15) is 11.6 Å². The number of halogens is 2. The van der Waals surface area contributed by atoms with Crippen LogP contribution in [0.4, 0.5) is 14.5 Å². The van der Waals surface area contributed by atoms with Gasteiger partial charge in [0.25, 0.3) is 0 Å². The van der Waals surface area contributed by atoms with E-state index in [0.717, 1.165) is 23.9 Å². The number of aliphatic hydroxyl groups excluding tert-OH is 1. The summed E-state index contributed by atoms with van der Waals surface area (Å²) >= 11 is 0. The van der Waals surface area contributed by atoms with E-state index in [1.54, 1.807) is 12.1 Å². The second kappa shape index (κ2) is 5.60. The molecule has 4 heteroatoms. The van der Waals surface area contributed by atoms with Crippen molar-refractivity contribution < 1.29 is 13.9 Å². The van der Waals surface area contributed by atoms with Crippen LogP contribution in [0.15, 0.2) is 48.5 Å². The van der Waals surface area contributed by atoms with Gasteiger partial charge in [0.05, 0.1) is 12.6 Å². The van der Waals surface area contributed by atoms with Gasteiger partial charge in [-0.3, -0.25) is 0 Å². The number of para-hydroxylation sites is 1. The van der Waals surface area contributed by atoms with E-state index in [1.807, 2.05) is 18.2 Å². The third-order valence-electron chi connectivity index (χ3n) is 2.63. The summed E-state index contributed by atoms with van der Waals surface area (Å²) in [5.74, 6) is -1.07. The van der Waals surface area contributed by atoms with Crippen molar-refractivity contribution in [3.8, 4) is 0 Å². The monoisotopic (exact) mass is 249 g/mol. The van der Waals surface area contributed by atoms with Crippen LogP contribution >= 0.6 is 0 Å². The number of nitrogens with one attached hydrogen (secondary N) is 1. The van der Waals surface area contributed by atoms with Crippen LogP contribution in [0.2, 0.25) is 0 Å². The third-order valence-corrected chi connectivity index (χ3v) is 2.63. The van der Waals surface area contributed by atoms with Gasteiger partial charge in [0.2, 0.25) is 0 Å². The fourth-order valence-corrected chi connectivity index (χ4v) is 1.74. The second-order valence-corrected chi connectivity index (χ2v) is 3.91. The van der Waals surface area contributed by atoms with Crippen molar-refractivity contribution in [1.82, 2.24) is 0 Å². The van der Waals surface area contributed by atoms with Crippen LogP contribution in [0.1, 0.15) is 11.6 Å². The first-order valence-corrected chi connectivity index (χ1v) is 5.58. The highest BCUT2D eigenvalue weighted by Gasteiger charge is 2.15. The first-order valence-electron chi connectivity index (χ1n) is 5.58. The molecular weight excluding hydrogens is 236 g/mol. The van der Waals surface area contributed by atoms with Gasteiger partial charge in [-0.2, -0.15) is 0 Å². The molecule has 1 unspecified atom stereocenters. The molecule has 0 saturated heterocycles. The molecule has 0 saturated carbocycles. The minimum atomic E-state index is -0.678. The highest BCUT2D eigenvalue weighted by Crippen LogP contribution is 2.22. The molecule has 2 aromatic carbocycles. The maximum absolute atomic E-state index is 13.6. The van der Waals surface area contributed by atoms with E-state index in [9.17, 15) is 13.9 Å². The summed E-state index contributed by atoms with van der Waals surface area (Å²) in [6.45, 7) is -0.324.